The van der Waals surface area contributed by atoms with E-state index in [9.17, 15) is 17.6 Å². The number of aromatic amines is 1. The van der Waals surface area contributed by atoms with Crippen LogP contribution in [-0.2, 0) is 12.8 Å². The predicted octanol–water partition coefficient (Wildman–Crippen LogP) is 5.96. The van der Waals surface area contributed by atoms with E-state index in [0.717, 1.165) is 33.3 Å². The normalized spacial score (nSPS) is 18.7. The number of hydrogen-bond acceptors (Lipinski definition) is 3. The number of para-hydroxylation sites is 1. The number of nitrogens with one attached hydrogen (secondary N) is 2. The first-order valence-electron chi connectivity index (χ1n) is 12.3. The molecule has 0 saturated heterocycles. The minimum absolute atomic E-state index is 0.290. The lowest BCUT2D eigenvalue weighted by molar-refractivity contribution is -0.155. The second-order valence-electron chi connectivity index (χ2n) is 9.16. The van der Waals surface area contributed by atoms with Crippen molar-refractivity contribution in [1.82, 2.24) is 15.2 Å². The lowest BCUT2D eigenvalue weighted by atomic mass is 9.86. The summed E-state index contributed by atoms with van der Waals surface area (Å²) in [6.45, 7) is 4.08. The van der Waals surface area contributed by atoms with Gasteiger partial charge in [0.2, 0.25) is 0 Å². The Balaban J connectivity index is 1.72. The van der Waals surface area contributed by atoms with Crippen LogP contribution in [0.4, 0.5) is 17.6 Å². The molecule has 2 N–H and O–H groups in total. The molecule has 35 heavy (non-hydrogen) atoms. The standard InChI is InChI=1S/C27H33F4N3O/c1-3-19-9-10-20(35-14-13-32-12-6-11-28)16-22(19)26-25-23(21-7-4-5-8-24(21)33-25)15-18(2)34(26)17-27(29,30)31/h4-5,7-10,16,18,26,32-33H,3,6,11-15,17H2,1-2H3/t18-,26?/m1/s1. The fraction of sp³-hybridized carbons (Fsp3) is 0.481. The molecule has 2 aromatic carbocycles. The van der Waals surface area contributed by atoms with Gasteiger partial charge in [0.25, 0.3) is 0 Å². The van der Waals surface area contributed by atoms with Gasteiger partial charge in [-0.05, 0) is 67.6 Å². The van der Waals surface area contributed by atoms with Gasteiger partial charge >= 0.3 is 6.18 Å². The molecule has 0 amide bonds. The van der Waals surface area contributed by atoms with Gasteiger partial charge in [0.15, 0.2) is 0 Å². The number of nitrogens with zero attached hydrogens (tertiary/aromatic N) is 1. The van der Waals surface area contributed by atoms with Crippen molar-refractivity contribution in [2.24, 2.45) is 0 Å². The smallest absolute Gasteiger partial charge is 0.401 e. The van der Waals surface area contributed by atoms with Crippen molar-refractivity contribution >= 4 is 10.9 Å². The van der Waals surface area contributed by atoms with Crippen LogP contribution in [0.3, 0.4) is 0 Å². The van der Waals surface area contributed by atoms with E-state index in [1.807, 2.05) is 56.3 Å². The van der Waals surface area contributed by atoms with Gasteiger partial charge in [0, 0.05) is 29.2 Å². The molecule has 0 bridgehead atoms. The maximum Gasteiger partial charge on any atom is 0.401 e. The Hall–Kier alpha value is -2.58. The number of hydrogen-bond donors (Lipinski definition) is 2. The van der Waals surface area contributed by atoms with Gasteiger partial charge < -0.3 is 15.0 Å². The molecular weight excluding hydrogens is 458 g/mol. The number of alkyl halides is 4. The second-order valence-corrected chi connectivity index (χ2v) is 9.16. The van der Waals surface area contributed by atoms with E-state index in [-0.39, 0.29) is 12.7 Å². The summed E-state index contributed by atoms with van der Waals surface area (Å²) in [5.74, 6) is 0.618. The number of H-pyrrole nitrogens is 1. The first-order valence-corrected chi connectivity index (χ1v) is 12.3. The highest BCUT2D eigenvalue weighted by molar-refractivity contribution is 5.85. The van der Waals surface area contributed by atoms with Gasteiger partial charge in [-0.25, -0.2) is 0 Å². The lowest BCUT2D eigenvalue weighted by Crippen LogP contribution is -2.47. The molecule has 1 aliphatic rings. The molecule has 190 valence electrons. The van der Waals surface area contributed by atoms with Crippen LogP contribution in [0.15, 0.2) is 42.5 Å². The number of rotatable bonds is 10. The van der Waals surface area contributed by atoms with E-state index in [0.29, 0.717) is 44.7 Å². The zero-order chi connectivity index (χ0) is 25.0. The third kappa shape index (κ3) is 5.81. The fourth-order valence-corrected chi connectivity index (χ4v) is 5.09. The average Bonchev–Trinajstić information content (AvgIpc) is 3.19. The van der Waals surface area contributed by atoms with Crippen molar-refractivity contribution in [3.63, 3.8) is 0 Å². The third-order valence-corrected chi connectivity index (χ3v) is 6.71. The van der Waals surface area contributed by atoms with Gasteiger partial charge in [0.1, 0.15) is 12.4 Å². The Kier molecular flexibility index (Phi) is 8.02. The topological polar surface area (TPSA) is 40.3 Å². The monoisotopic (exact) mass is 491 g/mol. The van der Waals surface area contributed by atoms with E-state index in [4.69, 9.17) is 4.74 Å². The van der Waals surface area contributed by atoms with Gasteiger partial charge in [-0.1, -0.05) is 31.2 Å². The number of aryl methyl sites for hydroxylation is 1. The molecule has 0 radical (unpaired) electrons. The summed E-state index contributed by atoms with van der Waals surface area (Å²) in [6, 6.07) is 12.8. The molecule has 3 aromatic rings. The summed E-state index contributed by atoms with van der Waals surface area (Å²) < 4.78 is 59.4. The van der Waals surface area contributed by atoms with Crippen LogP contribution in [-0.4, -0.2) is 55.0 Å². The van der Waals surface area contributed by atoms with Crippen LogP contribution in [0.2, 0.25) is 0 Å². The SMILES string of the molecule is CCc1ccc(OCCNCCCF)cc1C1c2[nH]c3ccccc3c2C[C@@H](C)N1CC(F)(F)F. The molecule has 4 rings (SSSR count). The highest BCUT2D eigenvalue weighted by Crippen LogP contribution is 2.43. The Bertz CT molecular complexity index is 1130. The van der Waals surface area contributed by atoms with Crippen LogP contribution in [0.25, 0.3) is 10.9 Å². The van der Waals surface area contributed by atoms with Crippen LogP contribution >= 0.6 is 0 Å². The molecule has 8 heteroatoms. The van der Waals surface area contributed by atoms with Gasteiger partial charge in [-0.3, -0.25) is 9.29 Å². The van der Waals surface area contributed by atoms with Crippen molar-refractivity contribution in [1.29, 1.82) is 0 Å². The van der Waals surface area contributed by atoms with Gasteiger partial charge in [-0.15, -0.1) is 0 Å². The van der Waals surface area contributed by atoms with Gasteiger partial charge in [-0.2, -0.15) is 13.2 Å². The summed E-state index contributed by atoms with van der Waals surface area (Å²) in [7, 11) is 0. The highest BCUT2D eigenvalue weighted by atomic mass is 19.4. The maximum atomic E-state index is 13.7. The van der Waals surface area contributed by atoms with E-state index in [1.54, 1.807) is 4.90 Å². The quantitative estimate of drug-likeness (QED) is 0.272. The van der Waals surface area contributed by atoms with Crippen molar-refractivity contribution in [3.05, 3.63) is 64.8 Å². The van der Waals surface area contributed by atoms with Crippen molar-refractivity contribution in [2.45, 2.75) is 51.4 Å². The number of ether oxygens (including phenoxy) is 1. The Morgan fingerprint density at radius 2 is 1.94 bits per heavy atom. The van der Waals surface area contributed by atoms with E-state index in [1.165, 1.54) is 0 Å². The van der Waals surface area contributed by atoms with E-state index in [2.05, 4.69) is 10.3 Å². The predicted molar refractivity (Wildman–Crippen MR) is 131 cm³/mol. The molecule has 1 aromatic heterocycles. The van der Waals surface area contributed by atoms with E-state index >= 15 is 0 Å². The van der Waals surface area contributed by atoms with Crippen molar-refractivity contribution in [3.8, 4) is 5.75 Å². The first kappa shape index (κ1) is 25.5. The zero-order valence-electron chi connectivity index (χ0n) is 20.2. The lowest BCUT2D eigenvalue weighted by Gasteiger charge is -2.42. The molecule has 4 nitrogen and oxygen atoms in total. The van der Waals surface area contributed by atoms with Gasteiger partial charge in [0.05, 0.1) is 19.3 Å². The zero-order valence-corrected chi connectivity index (χ0v) is 20.2. The second kappa shape index (κ2) is 11.0. The van der Waals surface area contributed by atoms with Crippen molar-refractivity contribution < 1.29 is 22.3 Å². The summed E-state index contributed by atoms with van der Waals surface area (Å²) >= 11 is 0. The summed E-state index contributed by atoms with van der Waals surface area (Å²) in [6.07, 6.45) is -2.62. The Morgan fingerprint density at radius 3 is 2.69 bits per heavy atom. The minimum atomic E-state index is -4.32. The molecule has 2 atom stereocenters. The summed E-state index contributed by atoms with van der Waals surface area (Å²) in [5, 5.41) is 4.19. The van der Waals surface area contributed by atoms with Crippen LogP contribution in [0.5, 0.6) is 5.75 Å². The highest BCUT2D eigenvalue weighted by Gasteiger charge is 2.42. The van der Waals surface area contributed by atoms with Crippen LogP contribution in [0.1, 0.15) is 48.7 Å². The number of fused-ring (bicyclic) bond motifs is 3. The number of benzene rings is 2. The molecule has 0 fully saturated rings. The van der Waals surface area contributed by atoms with Crippen molar-refractivity contribution in [2.75, 3.05) is 32.9 Å². The maximum absolute atomic E-state index is 13.7. The average molecular weight is 492 g/mol. The summed E-state index contributed by atoms with van der Waals surface area (Å²) in [4.78, 5) is 5.02. The molecule has 1 aliphatic heterocycles. The number of halogens is 4. The molecule has 0 spiro atoms. The number of aromatic nitrogens is 1. The Morgan fingerprint density at radius 1 is 1.14 bits per heavy atom. The third-order valence-electron chi connectivity index (χ3n) is 6.71. The van der Waals surface area contributed by atoms with E-state index < -0.39 is 18.8 Å². The molecule has 0 aliphatic carbocycles. The fourth-order valence-electron chi connectivity index (χ4n) is 5.09. The molecular formula is C27H33F4N3O. The van der Waals surface area contributed by atoms with Crippen LogP contribution < -0.4 is 10.1 Å². The molecule has 2 heterocycles. The minimum Gasteiger partial charge on any atom is -0.492 e. The molecule has 1 unspecified atom stereocenters. The largest absolute Gasteiger partial charge is 0.492 e. The molecule has 0 saturated carbocycles. The summed E-state index contributed by atoms with van der Waals surface area (Å²) in [5.41, 5.74) is 4.68. The first-order chi connectivity index (χ1) is 16.8. The Labute approximate surface area is 203 Å². The van der Waals surface area contributed by atoms with Crippen LogP contribution in [0, 0.1) is 0 Å².